The minimum atomic E-state index is 0.611. The van der Waals surface area contributed by atoms with Gasteiger partial charge in [-0.25, -0.2) is 19.9 Å². The molecule has 0 unspecified atom stereocenters. The molecule has 0 radical (unpaired) electrons. The van der Waals surface area contributed by atoms with Crippen molar-refractivity contribution >= 4 is 64.4 Å². The average molecular weight is 698 g/mol. The second-order valence-electron chi connectivity index (χ2n) is 13.0. The lowest BCUT2D eigenvalue weighted by atomic mass is 10.0. The Balaban J connectivity index is 1.12. The summed E-state index contributed by atoms with van der Waals surface area (Å²) in [6.45, 7) is 0. The zero-order valence-electron chi connectivity index (χ0n) is 28.1. The van der Waals surface area contributed by atoms with Gasteiger partial charge in [-0.05, 0) is 48.5 Å². The van der Waals surface area contributed by atoms with Gasteiger partial charge in [-0.3, -0.25) is 0 Å². The number of benzene rings is 7. The first-order valence-corrected chi connectivity index (χ1v) is 18.3. The minimum Gasteiger partial charge on any atom is -0.436 e. The van der Waals surface area contributed by atoms with Crippen molar-refractivity contribution in [3.05, 3.63) is 164 Å². The molecule has 0 atom stereocenters. The zero-order valence-corrected chi connectivity index (χ0v) is 29.0. The van der Waals surface area contributed by atoms with Crippen molar-refractivity contribution in [1.82, 2.24) is 24.5 Å². The maximum absolute atomic E-state index is 6.25. The van der Waals surface area contributed by atoms with E-state index in [9.17, 15) is 0 Å². The largest absolute Gasteiger partial charge is 0.436 e. The summed E-state index contributed by atoms with van der Waals surface area (Å²) in [5.41, 5.74) is 8.71. The lowest BCUT2D eigenvalue weighted by Crippen LogP contribution is -2.01. The van der Waals surface area contributed by atoms with Crippen LogP contribution < -0.4 is 0 Å². The predicted molar refractivity (Wildman–Crippen MR) is 216 cm³/mol. The maximum atomic E-state index is 6.25. The van der Waals surface area contributed by atoms with E-state index >= 15 is 0 Å². The van der Waals surface area contributed by atoms with E-state index in [0.29, 0.717) is 23.4 Å². The molecule has 0 aliphatic heterocycles. The van der Waals surface area contributed by atoms with E-state index in [4.69, 9.17) is 24.4 Å². The molecule has 248 valence electrons. The Morgan fingerprint density at radius 3 is 1.91 bits per heavy atom. The minimum absolute atomic E-state index is 0.611. The Bertz CT molecular complexity index is 3110. The molecule has 0 saturated carbocycles. The number of thiophene rings is 1. The molecule has 0 aliphatic rings. The smallest absolute Gasteiger partial charge is 0.228 e. The summed E-state index contributed by atoms with van der Waals surface area (Å²) in [5, 5.41) is 4.65. The van der Waals surface area contributed by atoms with Crippen molar-refractivity contribution in [2.45, 2.75) is 0 Å². The fraction of sp³-hybridized carbons (Fsp3) is 0. The molecule has 53 heavy (non-hydrogen) atoms. The zero-order chi connectivity index (χ0) is 34.9. The van der Waals surface area contributed by atoms with Crippen molar-refractivity contribution in [1.29, 1.82) is 0 Å². The summed E-state index contributed by atoms with van der Waals surface area (Å²) in [7, 11) is 0. The van der Waals surface area contributed by atoms with Gasteiger partial charge in [0.2, 0.25) is 5.89 Å². The van der Waals surface area contributed by atoms with Gasteiger partial charge in [0.25, 0.3) is 0 Å². The Labute approximate surface area is 307 Å². The predicted octanol–water partition coefficient (Wildman–Crippen LogP) is 12.1. The Morgan fingerprint density at radius 2 is 1.09 bits per heavy atom. The first kappa shape index (κ1) is 29.7. The summed E-state index contributed by atoms with van der Waals surface area (Å²) < 4.78 is 10.8. The van der Waals surface area contributed by atoms with E-state index in [1.54, 1.807) is 11.3 Å². The van der Waals surface area contributed by atoms with Gasteiger partial charge >= 0.3 is 0 Å². The monoisotopic (exact) mass is 697 g/mol. The van der Waals surface area contributed by atoms with Gasteiger partial charge < -0.3 is 8.98 Å². The van der Waals surface area contributed by atoms with Crippen LogP contribution in [0.4, 0.5) is 0 Å². The van der Waals surface area contributed by atoms with Crippen LogP contribution in [0.5, 0.6) is 0 Å². The fourth-order valence-electron chi connectivity index (χ4n) is 7.52. The van der Waals surface area contributed by atoms with Gasteiger partial charge in [0.1, 0.15) is 5.52 Å². The SMILES string of the molecule is c1ccc(-c2nc(-c3cccc(-n4c5ccccc5c5ccccc54)c3)nc(-c3cccc4sc5c(-c6nc7ccccc7o6)cccc5c34)n2)cc1. The first-order chi connectivity index (χ1) is 26.3. The maximum Gasteiger partial charge on any atom is 0.228 e. The number of nitrogens with zero attached hydrogens (tertiary/aromatic N) is 5. The third-order valence-electron chi connectivity index (χ3n) is 9.90. The Morgan fingerprint density at radius 1 is 0.472 bits per heavy atom. The van der Waals surface area contributed by atoms with Crippen molar-refractivity contribution in [3.8, 4) is 51.3 Å². The molecule has 0 aliphatic carbocycles. The van der Waals surface area contributed by atoms with Gasteiger partial charge in [0, 0.05) is 53.3 Å². The number of oxazole rings is 1. The molecule has 0 fully saturated rings. The van der Waals surface area contributed by atoms with Crippen LogP contribution in [0.25, 0.3) is 104 Å². The summed E-state index contributed by atoms with van der Waals surface area (Å²) in [6.07, 6.45) is 0. The summed E-state index contributed by atoms with van der Waals surface area (Å²) >= 11 is 1.73. The van der Waals surface area contributed by atoms with Crippen molar-refractivity contribution in [3.63, 3.8) is 0 Å². The van der Waals surface area contributed by atoms with Gasteiger partial charge in [0.05, 0.1) is 16.6 Å². The van der Waals surface area contributed by atoms with Crippen LogP contribution in [0.1, 0.15) is 0 Å². The lowest BCUT2D eigenvalue weighted by Gasteiger charge is -2.12. The lowest BCUT2D eigenvalue weighted by molar-refractivity contribution is 0.621. The standard InChI is InChI=1S/C46H27N5OS/c1-2-13-28(14-3-1)43-48-44(29-15-10-16-30(27-29)51-37-23-7-4-17-31(37)32-18-5-8-24-38(32)51)50-45(49-43)34-20-12-26-40-41(34)33-19-11-21-35(42(33)53-40)46-47-36-22-6-9-25-39(36)52-46/h1-27H. The van der Waals surface area contributed by atoms with Crippen LogP contribution in [-0.4, -0.2) is 24.5 Å². The fourth-order valence-corrected chi connectivity index (χ4v) is 8.75. The molecule has 0 N–H and O–H groups in total. The second kappa shape index (κ2) is 11.8. The molecule has 7 aromatic carbocycles. The van der Waals surface area contributed by atoms with Crippen molar-refractivity contribution in [2.24, 2.45) is 0 Å². The van der Waals surface area contributed by atoms with E-state index in [0.717, 1.165) is 70.2 Å². The summed E-state index contributed by atoms with van der Waals surface area (Å²) in [5.74, 6) is 2.47. The average Bonchev–Trinajstić information content (AvgIpc) is 3.93. The normalized spacial score (nSPS) is 11.8. The molecule has 0 spiro atoms. The molecule has 4 aromatic heterocycles. The second-order valence-corrected chi connectivity index (χ2v) is 14.1. The number of para-hydroxylation sites is 4. The van der Waals surface area contributed by atoms with Crippen LogP contribution in [0.2, 0.25) is 0 Å². The highest BCUT2D eigenvalue weighted by atomic mass is 32.1. The Kier molecular flexibility index (Phi) is 6.62. The summed E-state index contributed by atoms with van der Waals surface area (Å²) in [6, 6.07) is 56.3. The molecule has 6 nitrogen and oxygen atoms in total. The first-order valence-electron chi connectivity index (χ1n) is 17.5. The number of fused-ring (bicyclic) bond motifs is 7. The van der Waals surface area contributed by atoms with Gasteiger partial charge in [-0.15, -0.1) is 11.3 Å². The molecule has 7 heteroatoms. The van der Waals surface area contributed by atoms with Crippen LogP contribution >= 0.6 is 11.3 Å². The third kappa shape index (κ3) is 4.79. The molecule has 0 saturated heterocycles. The Hall–Kier alpha value is -6.96. The van der Waals surface area contributed by atoms with Crippen LogP contribution in [0.15, 0.2) is 168 Å². The molecule has 0 amide bonds. The van der Waals surface area contributed by atoms with E-state index < -0.39 is 0 Å². The molecule has 11 aromatic rings. The summed E-state index contributed by atoms with van der Waals surface area (Å²) in [4.78, 5) is 20.3. The topological polar surface area (TPSA) is 69.6 Å². The van der Waals surface area contributed by atoms with E-state index in [1.165, 1.54) is 10.8 Å². The van der Waals surface area contributed by atoms with Crippen molar-refractivity contribution in [2.75, 3.05) is 0 Å². The van der Waals surface area contributed by atoms with Crippen LogP contribution in [-0.2, 0) is 0 Å². The highest BCUT2D eigenvalue weighted by Gasteiger charge is 2.20. The molecular weight excluding hydrogens is 671 g/mol. The van der Waals surface area contributed by atoms with Crippen LogP contribution in [0, 0.1) is 0 Å². The van der Waals surface area contributed by atoms with E-state index in [2.05, 4.69) is 114 Å². The number of aromatic nitrogens is 5. The highest BCUT2D eigenvalue weighted by molar-refractivity contribution is 7.26. The molecule has 4 heterocycles. The van der Waals surface area contributed by atoms with Gasteiger partial charge in [0.15, 0.2) is 23.1 Å². The number of hydrogen-bond acceptors (Lipinski definition) is 6. The molecule has 11 rings (SSSR count). The van der Waals surface area contributed by atoms with Gasteiger partial charge in [-0.1, -0.05) is 115 Å². The van der Waals surface area contributed by atoms with Crippen molar-refractivity contribution < 1.29 is 4.42 Å². The number of rotatable bonds is 5. The highest BCUT2D eigenvalue weighted by Crippen LogP contribution is 2.44. The van der Waals surface area contributed by atoms with Crippen LogP contribution in [0.3, 0.4) is 0 Å². The quantitative estimate of drug-likeness (QED) is 0.179. The number of hydrogen-bond donors (Lipinski definition) is 0. The third-order valence-corrected chi connectivity index (χ3v) is 11.1. The molecule has 0 bridgehead atoms. The van der Waals surface area contributed by atoms with E-state index in [-0.39, 0.29) is 0 Å². The van der Waals surface area contributed by atoms with E-state index in [1.807, 2.05) is 54.6 Å². The van der Waals surface area contributed by atoms with Gasteiger partial charge in [-0.2, -0.15) is 0 Å². The molecular formula is C46H27N5OS.